The Kier molecular flexibility index (Phi) is 5.23. The normalized spacial score (nSPS) is 10.9. The van der Waals surface area contributed by atoms with Crippen molar-refractivity contribution in [3.63, 3.8) is 0 Å². The first-order valence-electron chi connectivity index (χ1n) is 8.54. The van der Waals surface area contributed by atoms with Crippen molar-refractivity contribution in [1.82, 2.24) is 14.5 Å². The van der Waals surface area contributed by atoms with Crippen LogP contribution >= 0.6 is 23.1 Å². The highest BCUT2D eigenvalue weighted by molar-refractivity contribution is 7.99. The van der Waals surface area contributed by atoms with Gasteiger partial charge in [-0.15, -0.1) is 11.3 Å². The summed E-state index contributed by atoms with van der Waals surface area (Å²) in [6.45, 7) is 1.93. The highest BCUT2D eigenvalue weighted by Gasteiger charge is 2.15. The Morgan fingerprint density at radius 3 is 2.64 bits per heavy atom. The molecule has 0 radical (unpaired) electrons. The van der Waals surface area contributed by atoms with Crippen molar-refractivity contribution in [2.75, 3.05) is 11.1 Å². The molecule has 4 aromatic rings. The van der Waals surface area contributed by atoms with Gasteiger partial charge in [0.15, 0.2) is 10.3 Å². The van der Waals surface area contributed by atoms with Crippen molar-refractivity contribution >= 4 is 45.0 Å². The Balaban J connectivity index is 1.67. The summed E-state index contributed by atoms with van der Waals surface area (Å²) in [6, 6.07) is 16.5. The van der Waals surface area contributed by atoms with Crippen LogP contribution in [0.5, 0.6) is 0 Å². The minimum atomic E-state index is -0.193. The van der Waals surface area contributed by atoms with Crippen molar-refractivity contribution < 1.29 is 4.79 Å². The fourth-order valence-electron chi connectivity index (χ4n) is 2.71. The van der Waals surface area contributed by atoms with E-state index >= 15 is 0 Å². The number of aryl methyl sites for hydroxylation is 1. The van der Waals surface area contributed by atoms with Gasteiger partial charge < -0.3 is 5.32 Å². The third-order valence-corrected chi connectivity index (χ3v) is 5.73. The van der Waals surface area contributed by atoms with Crippen LogP contribution < -0.4 is 10.9 Å². The van der Waals surface area contributed by atoms with Crippen LogP contribution in [0.3, 0.4) is 0 Å². The summed E-state index contributed by atoms with van der Waals surface area (Å²) in [4.78, 5) is 35.2. The number of nitrogens with zero attached hydrogens (tertiary/aromatic N) is 3. The summed E-state index contributed by atoms with van der Waals surface area (Å²) in [6.07, 6.45) is 1.71. The molecule has 0 saturated carbocycles. The smallest absolute Gasteiger partial charge is 0.266 e. The second kappa shape index (κ2) is 7.95. The number of thiazole rings is 1. The number of hydrogen-bond donors (Lipinski definition) is 1. The molecule has 0 atom stereocenters. The van der Waals surface area contributed by atoms with Crippen molar-refractivity contribution in [1.29, 1.82) is 0 Å². The maximum absolute atomic E-state index is 13.1. The molecule has 0 aliphatic heterocycles. The maximum atomic E-state index is 13.1. The van der Waals surface area contributed by atoms with Gasteiger partial charge in [-0.05, 0) is 31.2 Å². The lowest BCUT2D eigenvalue weighted by atomic mass is 10.2. The fourth-order valence-corrected chi connectivity index (χ4v) is 4.21. The van der Waals surface area contributed by atoms with Crippen LogP contribution in [0.15, 0.2) is 70.7 Å². The van der Waals surface area contributed by atoms with E-state index in [9.17, 15) is 9.59 Å². The largest absolute Gasteiger partial charge is 0.301 e. The second-order valence-corrected chi connectivity index (χ2v) is 8.18. The standard InChI is InChI=1S/C20H16N4O2S2/c1-13-11-21-19(28-13)23-17(25)12-27-20-22-16-10-6-5-9-15(16)18(26)24(20)14-7-3-2-4-8-14/h2-11H,12H2,1H3,(H,21,23,25). The number of aromatic nitrogens is 3. The molecule has 140 valence electrons. The Bertz CT molecular complexity index is 1200. The highest BCUT2D eigenvalue weighted by atomic mass is 32.2. The second-order valence-electron chi connectivity index (χ2n) is 6.00. The number of carbonyl (C=O) groups is 1. The van der Waals surface area contributed by atoms with E-state index in [-0.39, 0.29) is 17.2 Å². The highest BCUT2D eigenvalue weighted by Crippen LogP contribution is 2.22. The third-order valence-electron chi connectivity index (χ3n) is 3.96. The molecule has 0 saturated heterocycles. The maximum Gasteiger partial charge on any atom is 0.266 e. The van der Waals surface area contributed by atoms with Crippen LogP contribution in [-0.2, 0) is 4.79 Å². The van der Waals surface area contributed by atoms with Gasteiger partial charge in [-0.25, -0.2) is 9.97 Å². The Morgan fingerprint density at radius 1 is 1.14 bits per heavy atom. The number of nitrogens with one attached hydrogen (secondary N) is 1. The average molecular weight is 409 g/mol. The number of amides is 1. The molecule has 0 bridgehead atoms. The molecule has 0 aliphatic carbocycles. The Labute approximate surface area is 169 Å². The monoisotopic (exact) mass is 408 g/mol. The Hall–Kier alpha value is -2.97. The third kappa shape index (κ3) is 3.83. The zero-order valence-electron chi connectivity index (χ0n) is 15.0. The number of fused-ring (bicyclic) bond motifs is 1. The van der Waals surface area contributed by atoms with E-state index in [4.69, 9.17) is 0 Å². The number of carbonyl (C=O) groups excluding carboxylic acids is 1. The van der Waals surface area contributed by atoms with E-state index in [0.29, 0.717) is 26.9 Å². The van der Waals surface area contributed by atoms with Crippen LogP contribution in [0.1, 0.15) is 4.88 Å². The van der Waals surface area contributed by atoms with E-state index in [1.54, 1.807) is 22.9 Å². The van der Waals surface area contributed by atoms with Crippen LogP contribution in [0, 0.1) is 6.92 Å². The summed E-state index contributed by atoms with van der Waals surface area (Å²) in [5, 5.41) is 4.35. The number of para-hydroxylation sites is 2. The number of rotatable bonds is 5. The van der Waals surface area contributed by atoms with Gasteiger partial charge in [0.2, 0.25) is 5.91 Å². The van der Waals surface area contributed by atoms with Gasteiger partial charge in [0, 0.05) is 11.1 Å². The molecule has 2 heterocycles. The first-order valence-corrected chi connectivity index (χ1v) is 10.3. The quantitative estimate of drug-likeness (QED) is 0.401. The summed E-state index contributed by atoms with van der Waals surface area (Å²) in [5.41, 5.74) is 1.16. The SMILES string of the molecule is Cc1cnc(NC(=O)CSc2nc3ccccc3c(=O)n2-c2ccccc2)s1. The van der Waals surface area contributed by atoms with Crippen molar-refractivity contribution in [2.45, 2.75) is 12.1 Å². The molecule has 1 N–H and O–H groups in total. The molecule has 2 aromatic carbocycles. The molecule has 0 aliphatic rings. The molecular weight excluding hydrogens is 392 g/mol. The summed E-state index contributed by atoms with van der Waals surface area (Å²) < 4.78 is 1.55. The molecule has 0 unspecified atom stereocenters. The molecule has 2 aromatic heterocycles. The molecule has 1 amide bonds. The van der Waals surface area contributed by atoms with Gasteiger partial charge in [-0.3, -0.25) is 14.2 Å². The van der Waals surface area contributed by atoms with Crippen molar-refractivity contribution in [3.8, 4) is 5.69 Å². The van der Waals surface area contributed by atoms with Gasteiger partial charge in [0.1, 0.15) is 0 Å². The van der Waals surface area contributed by atoms with Crippen molar-refractivity contribution in [3.05, 3.63) is 76.0 Å². The topological polar surface area (TPSA) is 76.9 Å². The van der Waals surface area contributed by atoms with Crippen LogP contribution in [0.2, 0.25) is 0 Å². The van der Waals surface area contributed by atoms with Gasteiger partial charge in [0.25, 0.3) is 5.56 Å². The van der Waals surface area contributed by atoms with Crippen LogP contribution in [0.4, 0.5) is 5.13 Å². The van der Waals surface area contributed by atoms with Crippen LogP contribution in [-0.4, -0.2) is 26.2 Å². The zero-order valence-corrected chi connectivity index (χ0v) is 16.6. The van der Waals surface area contributed by atoms with E-state index in [2.05, 4.69) is 15.3 Å². The molecule has 8 heteroatoms. The zero-order chi connectivity index (χ0) is 19.5. The number of anilines is 1. The molecule has 6 nitrogen and oxygen atoms in total. The lowest BCUT2D eigenvalue weighted by Crippen LogP contribution is -2.22. The molecule has 0 fully saturated rings. The van der Waals surface area contributed by atoms with Gasteiger partial charge in [-0.2, -0.15) is 0 Å². The van der Waals surface area contributed by atoms with E-state index < -0.39 is 0 Å². The number of hydrogen-bond acceptors (Lipinski definition) is 6. The Morgan fingerprint density at radius 2 is 1.89 bits per heavy atom. The minimum Gasteiger partial charge on any atom is -0.301 e. The molecular formula is C20H16N4O2S2. The predicted molar refractivity (Wildman–Crippen MR) is 114 cm³/mol. The van der Waals surface area contributed by atoms with E-state index in [1.807, 2.05) is 49.4 Å². The number of thioether (sulfide) groups is 1. The lowest BCUT2D eigenvalue weighted by molar-refractivity contribution is -0.113. The lowest BCUT2D eigenvalue weighted by Gasteiger charge is -2.13. The number of benzene rings is 2. The average Bonchev–Trinajstić information content (AvgIpc) is 3.11. The minimum absolute atomic E-state index is 0.121. The predicted octanol–water partition coefficient (Wildman–Crippen LogP) is 3.88. The van der Waals surface area contributed by atoms with Crippen molar-refractivity contribution in [2.24, 2.45) is 0 Å². The van der Waals surface area contributed by atoms with Gasteiger partial charge in [0.05, 0.1) is 22.3 Å². The van der Waals surface area contributed by atoms with Gasteiger partial charge in [-0.1, -0.05) is 42.1 Å². The fraction of sp³-hybridized carbons (Fsp3) is 0.100. The summed E-state index contributed by atoms with van der Waals surface area (Å²) in [5.74, 6) is -0.0719. The molecule has 4 rings (SSSR count). The van der Waals surface area contributed by atoms with Gasteiger partial charge >= 0.3 is 0 Å². The first-order chi connectivity index (χ1) is 13.6. The molecule has 0 spiro atoms. The van der Waals surface area contributed by atoms with Crippen LogP contribution in [0.25, 0.3) is 16.6 Å². The molecule has 28 heavy (non-hydrogen) atoms. The van der Waals surface area contributed by atoms with E-state index in [0.717, 1.165) is 4.88 Å². The summed E-state index contributed by atoms with van der Waals surface area (Å²) in [7, 11) is 0. The first kappa shape index (κ1) is 18.4. The van der Waals surface area contributed by atoms with E-state index in [1.165, 1.54) is 23.1 Å². The summed E-state index contributed by atoms with van der Waals surface area (Å²) >= 11 is 2.64.